The quantitative estimate of drug-likeness (QED) is 0.580. The topological polar surface area (TPSA) is 38.2 Å². The van der Waals surface area contributed by atoms with Crippen LogP contribution in [0.2, 0.25) is 0 Å². The van der Waals surface area contributed by atoms with E-state index in [4.69, 9.17) is 4.74 Å². The highest BCUT2D eigenvalue weighted by Gasteiger charge is 2.09. The third-order valence-corrected chi connectivity index (χ3v) is 5.02. The molecule has 0 spiro atoms. The molecule has 1 aliphatic heterocycles. The van der Waals surface area contributed by atoms with Crippen LogP contribution >= 0.6 is 0 Å². The van der Waals surface area contributed by atoms with Crippen LogP contribution in [0.15, 0.2) is 30.3 Å². The molecule has 1 aliphatic rings. The first kappa shape index (κ1) is 19.7. The maximum absolute atomic E-state index is 13.1. The van der Waals surface area contributed by atoms with Gasteiger partial charge >= 0.3 is 0 Å². The summed E-state index contributed by atoms with van der Waals surface area (Å²) in [7, 11) is 0. The van der Waals surface area contributed by atoms with Crippen LogP contribution in [-0.4, -0.2) is 41.1 Å². The number of rotatable bonds is 9. The number of hydrogen-bond acceptors (Lipinski definition) is 4. The van der Waals surface area contributed by atoms with Crippen LogP contribution in [-0.2, 0) is 0 Å². The van der Waals surface area contributed by atoms with Gasteiger partial charge in [-0.05, 0) is 76.5 Å². The Morgan fingerprint density at radius 2 is 1.70 bits per heavy atom. The Hall–Kier alpha value is -2.01. The van der Waals surface area contributed by atoms with Gasteiger partial charge < -0.3 is 9.64 Å². The summed E-state index contributed by atoms with van der Waals surface area (Å²) in [6, 6.07) is 8.16. The second-order valence-corrected chi connectivity index (χ2v) is 7.31. The molecule has 0 aliphatic carbocycles. The molecule has 4 nitrogen and oxygen atoms in total. The molecule has 0 radical (unpaired) electrons. The van der Waals surface area contributed by atoms with Gasteiger partial charge in [0.1, 0.15) is 11.6 Å². The maximum Gasteiger partial charge on any atom is 0.217 e. The van der Waals surface area contributed by atoms with Crippen LogP contribution in [0.25, 0.3) is 11.3 Å². The molecule has 1 aromatic carbocycles. The molecule has 3 rings (SSSR count). The molecule has 2 aromatic rings. The summed E-state index contributed by atoms with van der Waals surface area (Å²) >= 11 is 0. The number of nitrogens with zero attached hydrogens (tertiary/aromatic N) is 3. The number of piperidine rings is 1. The first-order valence-electron chi connectivity index (χ1n) is 10.2. The Morgan fingerprint density at radius 1 is 0.963 bits per heavy atom. The molecule has 0 atom stereocenters. The van der Waals surface area contributed by atoms with E-state index in [1.807, 2.05) is 13.0 Å². The van der Waals surface area contributed by atoms with Crippen molar-refractivity contribution < 1.29 is 9.13 Å². The molecule has 1 saturated heterocycles. The summed E-state index contributed by atoms with van der Waals surface area (Å²) in [5.74, 6) is 1.00. The number of hydrogen-bond donors (Lipinski definition) is 0. The normalized spacial score (nSPS) is 15.0. The molecule has 2 heterocycles. The average molecular weight is 372 g/mol. The van der Waals surface area contributed by atoms with Crippen LogP contribution in [0.5, 0.6) is 5.88 Å². The van der Waals surface area contributed by atoms with Crippen molar-refractivity contribution in [2.45, 2.75) is 51.9 Å². The first-order chi connectivity index (χ1) is 13.2. The average Bonchev–Trinajstić information content (AvgIpc) is 2.68. The lowest BCUT2D eigenvalue weighted by Crippen LogP contribution is -2.30. The lowest BCUT2D eigenvalue weighted by atomic mass is 10.1. The second-order valence-electron chi connectivity index (χ2n) is 7.31. The van der Waals surface area contributed by atoms with Crippen molar-refractivity contribution in [3.63, 3.8) is 0 Å². The monoisotopic (exact) mass is 371 g/mol. The highest BCUT2D eigenvalue weighted by Crippen LogP contribution is 2.21. The zero-order chi connectivity index (χ0) is 18.9. The summed E-state index contributed by atoms with van der Waals surface area (Å²) in [6.07, 6.45) is 8.89. The summed E-state index contributed by atoms with van der Waals surface area (Å²) in [6.45, 7) is 6.33. The van der Waals surface area contributed by atoms with Crippen LogP contribution in [0.3, 0.4) is 0 Å². The fraction of sp³-hybridized carbons (Fsp3) is 0.545. The Labute approximate surface area is 161 Å². The molecule has 5 heteroatoms. The smallest absolute Gasteiger partial charge is 0.217 e. The van der Waals surface area contributed by atoms with E-state index in [1.54, 1.807) is 12.1 Å². The standard InChI is InChI=1S/C22H30FN3O/c1-18-24-21(19-9-11-20(23)12-10-19)17-22(25-18)27-16-8-3-2-5-13-26-14-6-4-7-15-26/h9-12,17H,2-8,13-16H2,1H3. The molecular formula is C22H30FN3O. The van der Waals surface area contributed by atoms with Gasteiger partial charge in [-0.15, -0.1) is 0 Å². The zero-order valence-electron chi connectivity index (χ0n) is 16.3. The zero-order valence-corrected chi connectivity index (χ0v) is 16.3. The van der Waals surface area contributed by atoms with Gasteiger partial charge in [-0.2, -0.15) is 4.98 Å². The number of ether oxygens (including phenoxy) is 1. The van der Waals surface area contributed by atoms with Gasteiger partial charge in [0.15, 0.2) is 0 Å². The van der Waals surface area contributed by atoms with Gasteiger partial charge in [0.2, 0.25) is 5.88 Å². The van der Waals surface area contributed by atoms with E-state index in [0.29, 0.717) is 18.3 Å². The molecule has 1 fully saturated rings. The largest absolute Gasteiger partial charge is 0.478 e. The van der Waals surface area contributed by atoms with Crippen molar-refractivity contribution in [2.75, 3.05) is 26.2 Å². The number of halogens is 1. The lowest BCUT2D eigenvalue weighted by Gasteiger charge is -2.26. The summed E-state index contributed by atoms with van der Waals surface area (Å²) in [4.78, 5) is 11.4. The molecule has 1 aromatic heterocycles. The van der Waals surface area contributed by atoms with Crippen LogP contribution in [0, 0.1) is 12.7 Å². The molecule has 0 bridgehead atoms. The molecule has 27 heavy (non-hydrogen) atoms. The fourth-order valence-corrected chi connectivity index (χ4v) is 3.53. The van der Waals surface area contributed by atoms with Crippen molar-refractivity contribution in [2.24, 2.45) is 0 Å². The van der Waals surface area contributed by atoms with Crippen LogP contribution < -0.4 is 4.74 Å². The van der Waals surface area contributed by atoms with Gasteiger partial charge in [0.05, 0.1) is 12.3 Å². The Kier molecular flexibility index (Phi) is 7.57. The molecule has 0 unspecified atom stereocenters. The highest BCUT2D eigenvalue weighted by atomic mass is 19.1. The van der Waals surface area contributed by atoms with Gasteiger partial charge in [-0.25, -0.2) is 9.37 Å². The SMILES string of the molecule is Cc1nc(OCCCCCCN2CCCCC2)cc(-c2ccc(F)cc2)n1. The van der Waals surface area contributed by atoms with Gasteiger partial charge in [-0.1, -0.05) is 19.3 Å². The van der Waals surface area contributed by atoms with E-state index < -0.39 is 0 Å². The highest BCUT2D eigenvalue weighted by molar-refractivity contribution is 5.59. The summed E-state index contributed by atoms with van der Waals surface area (Å²) in [5.41, 5.74) is 1.63. The van der Waals surface area contributed by atoms with Crippen molar-refractivity contribution in [1.29, 1.82) is 0 Å². The van der Waals surface area contributed by atoms with E-state index >= 15 is 0 Å². The minimum atomic E-state index is -0.249. The maximum atomic E-state index is 13.1. The van der Waals surface area contributed by atoms with Gasteiger partial charge in [0, 0.05) is 11.6 Å². The number of unbranched alkanes of at least 4 members (excludes halogenated alkanes) is 3. The molecular weight excluding hydrogens is 341 g/mol. The molecule has 0 N–H and O–H groups in total. The van der Waals surface area contributed by atoms with Crippen molar-refractivity contribution in [1.82, 2.24) is 14.9 Å². The predicted octanol–water partition coefficient (Wildman–Crippen LogP) is 5.02. The van der Waals surface area contributed by atoms with E-state index in [2.05, 4.69) is 14.9 Å². The Bertz CT molecular complexity index is 699. The van der Waals surface area contributed by atoms with Gasteiger partial charge in [0.25, 0.3) is 0 Å². The molecule has 146 valence electrons. The van der Waals surface area contributed by atoms with E-state index in [1.165, 1.54) is 70.3 Å². The lowest BCUT2D eigenvalue weighted by molar-refractivity contribution is 0.222. The number of aromatic nitrogens is 2. The predicted molar refractivity (Wildman–Crippen MR) is 106 cm³/mol. The van der Waals surface area contributed by atoms with Crippen molar-refractivity contribution in [3.8, 4) is 17.1 Å². The van der Waals surface area contributed by atoms with E-state index in [0.717, 1.165) is 17.7 Å². The number of likely N-dealkylation sites (tertiary alicyclic amines) is 1. The van der Waals surface area contributed by atoms with Crippen LogP contribution in [0.1, 0.15) is 50.8 Å². The Balaban J connectivity index is 1.38. The molecule has 0 amide bonds. The van der Waals surface area contributed by atoms with E-state index in [9.17, 15) is 4.39 Å². The van der Waals surface area contributed by atoms with E-state index in [-0.39, 0.29) is 5.82 Å². The summed E-state index contributed by atoms with van der Waals surface area (Å²) in [5, 5.41) is 0. The second kappa shape index (κ2) is 10.4. The van der Waals surface area contributed by atoms with Crippen molar-refractivity contribution in [3.05, 3.63) is 42.0 Å². The van der Waals surface area contributed by atoms with Crippen LogP contribution in [0.4, 0.5) is 4.39 Å². The first-order valence-corrected chi connectivity index (χ1v) is 10.2. The van der Waals surface area contributed by atoms with Gasteiger partial charge in [-0.3, -0.25) is 0 Å². The number of benzene rings is 1. The third kappa shape index (κ3) is 6.58. The molecule has 0 saturated carbocycles. The minimum Gasteiger partial charge on any atom is -0.478 e. The minimum absolute atomic E-state index is 0.249. The fourth-order valence-electron chi connectivity index (χ4n) is 3.53. The summed E-state index contributed by atoms with van der Waals surface area (Å²) < 4.78 is 18.9. The number of aryl methyl sites for hydroxylation is 1. The third-order valence-electron chi connectivity index (χ3n) is 5.02. The van der Waals surface area contributed by atoms with Crippen molar-refractivity contribution >= 4 is 0 Å². The Morgan fingerprint density at radius 3 is 2.48 bits per heavy atom.